The van der Waals surface area contributed by atoms with Crippen LogP contribution in [0.5, 0.6) is 5.75 Å². The van der Waals surface area contributed by atoms with Gasteiger partial charge in [-0.1, -0.05) is 35.9 Å². The number of carbonyl (C=O) groups excluding carboxylic acids is 1. The average Bonchev–Trinajstić information content (AvgIpc) is 2.89. The highest BCUT2D eigenvalue weighted by Gasteiger charge is 2.31. The second-order valence-electron chi connectivity index (χ2n) is 4.93. The summed E-state index contributed by atoms with van der Waals surface area (Å²) in [5.74, 6) is -0.965. The predicted molar refractivity (Wildman–Crippen MR) is 85.2 cm³/mol. The van der Waals surface area contributed by atoms with Crippen molar-refractivity contribution in [2.75, 3.05) is 0 Å². The van der Waals surface area contributed by atoms with Crippen LogP contribution >= 0.6 is 11.6 Å². The third-order valence-corrected chi connectivity index (χ3v) is 3.47. The predicted octanol–water partition coefficient (Wildman–Crippen LogP) is 4.58. The number of alkyl halides is 3. The molecule has 0 aliphatic carbocycles. The highest BCUT2D eigenvalue weighted by atomic mass is 35.5. The molecule has 0 N–H and O–H groups in total. The summed E-state index contributed by atoms with van der Waals surface area (Å²) in [6, 6.07) is 11.7. The smallest absolute Gasteiger partial charge is 0.406 e. The van der Waals surface area contributed by atoms with Gasteiger partial charge in [0.25, 0.3) is 0 Å². The van der Waals surface area contributed by atoms with E-state index in [2.05, 4.69) is 9.73 Å². The van der Waals surface area contributed by atoms with Gasteiger partial charge in [0.2, 0.25) is 5.90 Å². The Morgan fingerprint density at radius 1 is 1.08 bits per heavy atom. The van der Waals surface area contributed by atoms with Gasteiger partial charge >= 0.3 is 12.3 Å². The average molecular weight is 368 g/mol. The zero-order valence-electron chi connectivity index (χ0n) is 12.4. The molecule has 25 heavy (non-hydrogen) atoms. The van der Waals surface area contributed by atoms with Gasteiger partial charge in [0.05, 0.1) is 10.6 Å². The van der Waals surface area contributed by atoms with Crippen molar-refractivity contribution in [1.82, 2.24) is 0 Å². The number of carbonyl (C=O) groups is 1. The van der Waals surface area contributed by atoms with Gasteiger partial charge in [0.15, 0.2) is 5.70 Å². The Balaban J connectivity index is 1.84. The molecule has 8 heteroatoms. The van der Waals surface area contributed by atoms with Crippen LogP contribution in [0.4, 0.5) is 13.2 Å². The van der Waals surface area contributed by atoms with Crippen LogP contribution in [-0.4, -0.2) is 18.2 Å². The minimum atomic E-state index is -4.76. The molecule has 2 aromatic rings. The molecule has 0 spiro atoms. The molecule has 0 saturated heterocycles. The molecule has 0 saturated carbocycles. The van der Waals surface area contributed by atoms with Crippen LogP contribution in [0.3, 0.4) is 0 Å². The SMILES string of the molecule is O=C1OC(c2ccccc2Cl)=N/C1=C\c1ccc(OC(F)(F)F)cc1. The Hall–Kier alpha value is -2.80. The molecule has 0 fully saturated rings. The van der Waals surface area contributed by atoms with Crippen molar-refractivity contribution in [3.63, 3.8) is 0 Å². The number of hydrogen-bond donors (Lipinski definition) is 0. The lowest BCUT2D eigenvalue weighted by molar-refractivity contribution is -0.274. The monoisotopic (exact) mass is 367 g/mol. The summed E-state index contributed by atoms with van der Waals surface area (Å²) < 4.78 is 45.3. The van der Waals surface area contributed by atoms with E-state index < -0.39 is 12.3 Å². The molecule has 4 nitrogen and oxygen atoms in total. The molecule has 2 aromatic carbocycles. The van der Waals surface area contributed by atoms with E-state index in [1.165, 1.54) is 18.2 Å². The van der Waals surface area contributed by atoms with Crippen molar-refractivity contribution in [2.45, 2.75) is 6.36 Å². The molecule has 128 valence electrons. The first-order valence-electron chi connectivity index (χ1n) is 6.95. The van der Waals surface area contributed by atoms with E-state index in [4.69, 9.17) is 16.3 Å². The lowest BCUT2D eigenvalue weighted by Gasteiger charge is -2.08. The Morgan fingerprint density at radius 3 is 2.40 bits per heavy atom. The minimum Gasteiger partial charge on any atom is -0.406 e. The maximum atomic E-state index is 12.1. The van der Waals surface area contributed by atoms with Gasteiger partial charge in [-0.05, 0) is 35.9 Å². The van der Waals surface area contributed by atoms with E-state index in [9.17, 15) is 18.0 Å². The van der Waals surface area contributed by atoms with E-state index >= 15 is 0 Å². The fourth-order valence-electron chi connectivity index (χ4n) is 2.08. The molecule has 1 heterocycles. The van der Waals surface area contributed by atoms with E-state index in [0.717, 1.165) is 12.1 Å². The standard InChI is InChI=1S/C17H9ClF3NO3/c18-13-4-2-1-3-12(13)15-22-14(16(23)24-15)9-10-5-7-11(8-6-10)25-17(19,20)21/h1-9H/b14-9-. The molecule has 0 aromatic heterocycles. The van der Waals surface area contributed by atoms with Gasteiger partial charge in [-0.2, -0.15) is 0 Å². The van der Waals surface area contributed by atoms with Gasteiger partial charge in [-0.15, -0.1) is 13.2 Å². The molecule has 0 radical (unpaired) electrons. The summed E-state index contributed by atoms with van der Waals surface area (Å²) in [6.45, 7) is 0. The number of rotatable bonds is 3. The first kappa shape index (κ1) is 17.0. The maximum absolute atomic E-state index is 12.1. The quantitative estimate of drug-likeness (QED) is 0.589. The van der Waals surface area contributed by atoms with Gasteiger partial charge < -0.3 is 9.47 Å². The number of ether oxygens (including phenoxy) is 2. The highest BCUT2D eigenvalue weighted by Crippen LogP contribution is 2.25. The van der Waals surface area contributed by atoms with Crippen molar-refractivity contribution in [2.24, 2.45) is 4.99 Å². The Morgan fingerprint density at radius 2 is 1.76 bits per heavy atom. The molecule has 0 unspecified atom stereocenters. The highest BCUT2D eigenvalue weighted by molar-refractivity contribution is 6.34. The number of benzene rings is 2. The van der Waals surface area contributed by atoms with Crippen LogP contribution in [-0.2, 0) is 9.53 Å². The molecule has 3 rings (SSSR count). The number of hydrogen-bond acceptors (Lipinski definition) is 4. The zero-order chi connectivity index (χ0) is 18.0. The van der Waals surface area contributed by atoms with Crippen molar-refractivity contribution < 1.29 is 27.4 Å². The minimum absolute atomic E-state index is 0.0133. The zero-order valence-corrected chi connectivity index (χ0v) is 13.1. The fraction of sp³-hybridized carbons (Fsp3) is 0.0588. The second-order valence-corrected chi connectivity index (χ2v) is 5.34. The van der Waals surface area contributed by atoms with E-state index in [1.807, 2.05) is 0 Å². The van der Waals surface area contributed by atoms with Crippen LogP contribution in [0.15, 0.2) is 59.2 Å². The van der Waals surface area contributed by atoms with Crippen LogP contribution in [0.1, 0.15) is 11.1 Å². The fourth-order valence-corrected chi connectivity index (χ4v) is 2.30. The number of nitrogens with zero attached hydrogens (tertiary/aromatic N) is 1. The second kappa shape index (κ2) is 6.60. The summed E-state index contributed by atoms with van der Waals surface area (Å²) in [4.78, 5) is 16.0. The van der Waals surface area contributed by atoms with Crippen LogP contribution < -0.4 is 4.74 Å². The topological polar surface area (TPSA) is 47.9 Å². The van der Waals surface area contributed by atoms with Gasteiger partial charge in [-0.25, -0.2) is 9.79 Å². The third-order valence-electron chi connectivity index (χ3n) is 3.14. The Kier molecular flexibility index (Phi) is 4.50. The van der Waals surface area contributed by atoms with Crippen molar-refractivity contribution in [3.05, 3.63) is 70.4 Å². The van der Waals surface area contributed by atoms with Gasteiger partial charge in [0.1, 0.15) is 5.75 Å². The summed E-state index contributed by atoms with van der Waals surface area (Å²) in [5, 5.41) is 0.379. The molecular formula is C17H9ClF3NO3. The van der Waals surface area contributed by atoms with Crippen molar-refractivity contribution in [3.8, 4) is 5.75 Å². The van der Waals surface area contributed by atoms with Crippen molar-refractivity contribution >= 4 is 29.5 Å². The normalized spacial score (nSPS) is 15.9. The molecule has 1 aliphatic heterocycles. The van der Waals surface area contributed by atoms with Crippen molar-refractivity contribution in [1.29, 1.82) is 0 Å². The third kappa shape index (κ3) is 4.19. The van der Waals surface area contributed by atoms with Gasteiger partial charge in [0, 0.05) is 0 Å². The lowest BCUT2D eigenvalue weighted by atomic mass is 10.2. The summed E-state index contributed by atoms with van der Waals surface area (Å²) in [5.41, 5.74) is 0.944. The first-order valence-corrected chi connectivity index (χ1v) is 7.33. The van der Waals surface area contributed by atoms with E-state index in [0.29, 0.717) is 16.1 Å². The number of halogens is 4. The lowest BCUT2D eigenvalue weighted by Crippen LogP contribution is -2.16. The van der Waals surface area contributed by atoms with E-state index in [-0.39, 0.29) is 17.3 Å². The molecular weight excluding hydrogens is 359 g/mol. The number of esters is 1. The summed E-state index contributed by atoms with van der Waals surface area (Å²) >= 11 is 6.03. The van der Waals surface area contributed by atoms with Crippen LogP contribution in [0, 0.1) is 0 Å². The van der Waals surface area contributed by atoms with Crippen LogP contribution in [0.2, 0.25) is 5.02 Å². The van der Waals surface area contributed by atoms with E-state index in [1.54, 1.807) is 24.3 Å². The Bertz CT molecular complexity index is 873. The molecule has 0 atom stereocenters. The maximum Gasteiger partial charge on any atom is 0.573 e. The first-order chi connectivity index (χ1) is 11.8. The van der Waals surface area contributed by atoms with Crippen LogP contribution in [0.25, 0.3) is 6.08 Å². The summed E-state index contributed by atoms with van der Waals surface area (Å²) in [7, 11) is 0. The van der Waals surface area contributed by atoms with Gasteiger partial charge in [-0.3, -0.25) is 0 Å². The largest absolute Gasteiger partial charge is 0.573 e. The molecule has 1 aliphatic rings. The Labute approximate surface area is 145 Å². The summed E-state index contributed by atoms with van der Waals surface area (Å²) in [6.07, 6.45) is -3.37. The molecule has 0 bridgehead atoms. The number of aliphatic imine (C=N–C) groups is 1. The number of cyclic esters (lactones) is 1. The molecule has 0 amide bonds.